The predicted molar refractivity (Wildman–Crippen MR) is 145 cm³/mol. The number of hydrogen-bond acceptors (Lipinski definition) is 7. The molecule has 0 amide bonds. The predicted octanol–water partition coefficient (Wildman–Crippen LogP) is 5.16. The Hall–Kier alpha value is -3.36. The van der Waals surface area contributed by atoms with E-state index in [2.05, 4.69) is 4.90 Å². The minimum atomic E-state index is -0.606. The van der Waals surface area contributed by atoms with Crippen LogP contribution < -0.4 is 4.74 Å². The number of hydrogen-bond donors (Lipinski definition) is 1. The van der Waals surface area contributed by atoms with Gasteiger partial charge in [0.15, 0.2) is 0 Å². The molecule has 8 heteroatoms. The van der Waals surface area contributed by atoms with Gasteiger partial charge in [0.25, 0.3) is 0 Å². The van der Waals surface area contributed by atoms with Crippen LogP contribution in [0, 0.1) is 6.92 Å². The van der Waals surface area contributed by atoms with Gasteiger partial charge in [-0.05, 0) is 69.4 Å². The molecule has 0 spiro atoms. The van der Waals surface area contributed by atoms with E-state index in [-0.39, 0.29) is 24.5 Å². The van der Waals surface area contributed by atoms with E-state index >= 15 is 0 Å². The van der Waals surface area contributed by atoms with Crippen LogP contribution in [0.4, 0.5) is 4.79 Å². The van der Waals surface area contributed by atoms with Gasteiger partial charge in [-0.3, -0.25) is 14.3 Å². The molecule has 1 aromatic heterocycles. The van der Waals surface area contributed by atoms with Crippen LogP contribution in [-0.2, 0) is 27.2 Å². The Bertz CT molecular complexity index is 1310. The number of aliphatic hydroxyl groups is 1. The van der Waals surface area contributed by atoms with Crippen molar-refractivity contribution in [1.82, 2.24) is 9.47 Å². The van der Waals surface area contributed by atoms with Gasteiger partial charge in [-0.1, -0.05) is 24.3 Å². The van der Waals surface area contributed by atoms with Gasteiger partial charge >= 0.3 is 12.1 Å². The summed E-state index contributed by atoms with van der Waals surface area (Å²) in [6.45, 7) is 8.81. The summed E-state index contributed by atoms with van der Waals surface area (Å²) in [5.74, 6) is 0.483. The van der Waals surface area contributed by atoms with E-state index in [0.717, 1.165) is 38.9 Å². The number of rotatable bonds is 6. The summed E-state index contributed by atoms with van der Waals surface area (Å²) in [4.78, 5) is 27.0. The van der Waals surface area contributed by atoms with Crippen molar-refractivity contribution in [3.05, 3.63) is 64.8 Å². The largest absolute Gasteiger partial charge is 0.496 e. The minimum absolute atomic E-state index is 0.0140. The van der Waals surface area contributed by atoms with E-state index in [4.69, 9.17) is 14.2 Å². The van der Waals surface area contributed by atoms with E-state index in [0.29, 0.717) is 25.9 Å². The van der Waals surface area contributed by atoms with Crippen LogP contribution in [-0.4, -0.2) is 59.1 Å². The number of aliphatic hydroxyl groups excluding tert-OH is 1. The Kier molecular flexibility index (Phi) is 8.13. The van der Waals surface area contributed by atoms with Crippen molar-refractivity contribution in [3.8, 4) is 5.75 Å². The van der Waals surface area contributed by atoms with Crippen LogP contribution in [0.1, 0.15) is 61.9 Å². The molecule has 0 saturated carbocycles. The Morgan fingerprint density at radius 3 is 2.45 bits per heavy atom. The summed E-state index contributed by atoms with van der Waals surface area (Å²) < 4.78 is 17.8. The highest BCUT2D eigenvalue weighted by molar-refractivity contribution is 5.95. The van der Waals surface area contributed by atoms with Crippen LogP contribution in [0.15, 0.2) is 42.6 Å². The zero-order valence-corrected chi connectivity index (χ0v) is 23.1. The van der Waals surface area contributed by atoms with Crippen molar-refractivity contribution in [2.45, 2.75) is 71.2 Å². The molecule has 8 nitrogen and oxygen atoms in total. The zero-order valence-electron chi connectivity index (χ0n) is 23.1. The molecule has 1 N–H and O–H groups in total. The number of nitrogens with zero attached hydrogens (tertiary/aromatic N) is 2. The summed E-state index contributed by atoms with van der Waals surface area (Å²) in [5, 5.41) is 11.5. The monoisotopic (exact) mass is 522 g/mol. The van der Waals surface area contributed by atoms with Gasteiger partial charge < -0.3 is 19.3 Å². The molecule has 1 aliphatic heterocycles. The normalized spacial score (nSPS) is 18.4. The van der Waals surface area contributed by atoms with Crippen LogP contribution >= 0.6 is 0 Å². The summed E-state index contributed by atoms with van der Waals surface area (Å²) in [7, 11) is 3.04. The molecule has 3 aromatic rings. The number of fused-ring (bicyclic) bond motifs is 1. The molecule has 0 radical (unpaired) electrons. The standard InChI is InChI=1S/C30H38N2O6/c1-19-15-26(36-5)24(23-12-14-32(28(19)23)29(35)38-30(2,3)4)18-31-13-11-22(33)17-25(31)21-9-7-20(8-10-21)16-27(34)37-6/h7-10,12,14-15,22,25,33H,11,13,16-18H2,1-6H3/t22-,25-/m0/s1. The highest BCUT2D eigenvalue weighted by atomic mass is 16.6. The molecular formula is C30H38N2O6. The van der Waals surface area contributed by atoms with Crippen LogP contribution in [0.25, 0.3) is 10.9 Å². The van der Waals surface area contributed by atoms with Crippen LogP contribution in [0.5, 0.6) is 5.75 Å². The topological polar surface area (TPSA) is 90.2 Å². The summed E-state index contributed by atoms with van der Waals surface area (Å²) in [5.41, 5.74) is 4.06. The number of likely N-dealkylation sites (tertiary alicyclic amines) is 1. The maximum absolute atomic E-state index is 13.0. The average Bonchev–Trinajstić information content (AvgIpc) is 3.32. The first-order valence-electron chi connectivity index (χ1n) is 13.0. The molecule has 2 heterocycles. The molecule has 2 atom stereocenters. The molecule has 4 rings (SSSR count). The SMILES string of the molecule is COC(=O)Cc1ccc([C@@H]2C[C@@H](O)CCN2Cc2c(OC)cc(C)c3c2ccn3C(=O)OC(C)(C)C)cc1. The Morgan fingerprint density at radius 1 is 1.11 bits per heavy atom. The molecule has 1 saturated heterocycles. The van der Waals surface area contributed by atoms with Crippen molar-refractivity contribution in [3.63, 3.8) is 0 Å². The van der Waals surface area contributed by atoms with E-state index < -0.39 is 11.7 Å². The molecule has 204 valence electrons. The van der Waals surface area contributed by atoms with E-state index in [1.54, 1.807) is 17.9 Å². The fraction of sp³-hybridized carbons (Fsp3) is 0.467. The number of piperidine rings is 1. The first-order chi connectivity index (χ1) is 18.0. The molecule has 1 aliphatic rings. The lowest BCUT2D eigenvalue weighted by atomic mass is 9.91. The number of carbonyl (C=O) groups excluding carboxylic acids is 2. The highest BCUT2D eigenvalue weighted by Crippen LogP contribution is 2.38. The first kappa shape index (κ1) is 27.7. The van der Waals surface area contributed by atoms with Gasteiger partial charge in [-0.15, -0.1) is 0 Å². The average molecular weight is 523 g/mol. The molecule has 38 heavy (non-hydrogen) atoms. The second-order valence-electron chi connectivity index (χ2n) is 11.0. The van der Waals surface area contributed by atoms with Gasteiger partial charge in [-0.25, -0.2) is 4.79 Å². The van der Waals surface area contributed by atoms with Crippen molar-refractivity contribution < 1.29 is 28.9 Å². The van der Waals surface area contributed by atoms with Gasteiger partial charge in [0.2, 0.25) is 0 Å². The number of ether oxygens (including phenoxy) is 3. The maximum atomic E-state index is 13.0. The smallest absolute Gasteiger partial charge is 0.419 e. The lowest BCUT2D eigenvalue weighted by Gasteiger charge is -2.38. The fourth-order valence-electron chi connectivity index (χ4n) is 5.20. The molecule has 0 unspecified atom stereocenters. The number of aryl methyl sites for hydroxylation is 1. The van der Waals surface area contributed by atoms with Gasteiger partial charge in [0.1, 0.15) is 11.4 Å². The van der Waals surface area contributed by atoms with E-state index in [1.807, 2.05) is 64.1 Å². The number of esters is 1. The van der Waals surface area contributed by atoms with Crippen LogP contribution in [0.2, 0.25) is 0 Å². The number of carbonyl (C=O) groups is 2. The highest BCUT2D eigenvalue weighted by Gasteiger charge is 2.31. The third kappa shape index (κ3) is 6.03. The molecule has 0 bridgehead atoms. The third-order valence-electron chi connectivity index (χ3n) is 7.03. The minimum Gasteiger partial charge on any atom is -0.496 e. The van der Waals surface area contributed by atoms with Gasteiger partial charge in [0.05, 0.1) is 32.3 Å². The van der Waals surface area contributed by atoms with Crippen molar-refractivity contribution >= 4 is 23.0 Å². The lowest BCUT2D eigenvalue weighted by Crippen LogP contribution is -2.38. The zero-order chi connectivity index (χ0) is 27.6. The number of aromatic nitrogens is 1. The van der Waals surface area contributed by atoms with Crippen molar-refractivity contribution in [2.75, 3.05) is 20.8 Å². The molecule has 1 fully saturated rings. The quantitative estimate of drug-likeness (QED) is 0.448. The molecule has 2 aromatic carbocycles. The summed E-state index contributed by atoms with van der Waals surface area (Å²) in [6, 6.07) is 11.8. The molecule has 0 aliphatic carbocycles. The maximum Gasteiger partial charge on any atom is 0.419 e. The number of benzene rings is 2. The van der Waals surface area contributed by atoms with Gasteiger partial charge in [0, 0.05) is 36.3 Å². The van der Waals surface area contributed by atoms with Crippen molar-refractivity contribution in [1.29, 1.82) is 0 Å². The summed E-state index contributed by atoms with van der Waals surface area (Å²) in [6.07, 6.45) is 2.45. The second kappa shape index (κ2) is 11.2. The Balaban J connectivity index is 1.69. The van der Waals surface area contributed by atoms with Crippen LogP contribution in [0.3, 0.4) is 0 Å². The Labute approximate surface area is 224 Å². The van der Waals surface area contributed by atoms with E-state index in [1.165, 1.54) is 7.11 Å². The fourth-order valence-corrected chi connectivity index (χ4v) is 5.20. The second-order valence-corrected chi connectivity index (χ2v) is 11.0. The van der Waals surface area contributed by atoms with Crippen molar-refractivity contribution in [2.24, 2.45) is 0 Å². The van der Waals surface area contributed by atoms with E-state index in [9.17, 15) is 14.7 Å². The summed E-state index contributed by atoms with van der Waals surface area (Å²) >= 11 is 0. The molecular weight excluding hydrogens is 484 g/mol. The Morgan fingerprint density at radius 2 is 1.82 bits per heavy atom. The first-order valence-corrected chi connectivity index (χ1v) is 13.0. The lowest BCUT2D eigenvalue weighted by molar-refractivity contribution is -0.139. The third-order valence-corrected chi connectivity index (χ3v) is 7.03. The van der Waals surface area contributed by atoms with Gasteiger partial charge in [-0.2, -0.15) is 0 Å². The number of methoxy groups -OCH3 is 2.